The number of benzene rings is 1. The molecule has 0 saturated carbocycles. The predicted octanol–water partition coefficient (Wildman–Crippen LogP) is 0.735. The normalized spacial score (nSPS) is 16.9. The summed E-state index contributed by atoms with van der Waals surface area (Å²) in [5.74, 6) is -0.137. The number of carbonyl (C=O) groups excluding carboxylic acids is 1. The minimum atomic E-state index is -3.32. The Labute approximate surface area is 144 Å². The van der Waals surface area contributed by atoms with Gasteiger partial charge in [-0.3, -0.25) is 9.69 Å². The van der Waals surface area contributed by atoms with E-state index in [1.54, 1.807) is 4.90 Å². The molecule has 0 unspecified atom stereocenters. The van der Waals surface area contributed by atoms with Gasteiger partial charge in [0.1, 0.15) is 0 Å². The Balaban J connectivity index is 1.75. The van der Waals surface area contributed by atoms with Crippen molar-refractivity contribution in [2.24, 2.45) is 0 Å². The van der Waals surface area contributed by atoms with Crippen LogP contribution in [0.5, 0.6) is 0 Å². The molecule has 2 rings (SSSR count). The van der Waals surface area contributed by atoms with Crippen molar-refractivity contribution >= 4 is 22.0 Å². The maximum absolute atomic E-state index is 12.1. The Hall–Kier alpha value is -1.70. The summed E-state index contributed by atoms with van der Waals surface area (Å²) in [5, 5.41) is 0. The van der Waals surface area contributed by atoms with Gasteiger partial charge in [-0.25, -0.2) is 8.42 Å². The molecular formula is C17H25N3O3S. The summed E-state index contributed by atoms with van der Waals surface area (Å²) in [6, 6.07) is 10.1. The molecule has 1 amide bonds. The zero-order chi connectivity index (χ0) is 17.6. The standard InChI is InChI=1S/C17H25N3O3S/c1-18(24(2,22)23)15-17(21)20-13-11-19(12-14-20)10-6-9-16-7-4-3-5-8-16/h3-9H,10-15H2,1-2H3/b9-6+. The van der Waals surface area contributed by atoms with E-state index in [0.29, 0.717) is 13.1 Å². The zero-order valence-electron chi connectivity index (χ0n) is 14.3. The van der Waals surface area contributed by atoms with Crippen molar-refractivity contribution in [1.29, 1.82) is 0 Å². The second kappa shape index (κ2) is 8.41. The number of likely N-dealkylation sites (N-methyl/N-ethyl adjacent to an activating group) is 1. The molecule has 1 aliphatic heterocycles. The lowest BCUT2D eigenvalue weighted by Crippen LogP contribution is -2.51. The van der Waals surface area contributed by atoms with Crippen LogP contribution in [-0.2, 0) is 14.8 Å². The first-order chi connectivity index (χ1) is 11.4. The summed E-state index contributed by atoms with van der Waals surface area (Å²) in [7, 11) is -1.89. The van der Waals surface area contributed by atoms with Crippen LogP contribution in [-0.4, -0.2) is 81.0 Å². The van der Waals surface area contributed by atoms with Crippen LogP contribution in [0.3, 0.4) is 0 Å². The largest absolute Gasteiger partial charge is 0.339 e. The van der Waals surface area contributed by atoms with Gasteiger partial charge in [0, 0.05) is 39.8 Å². The molecule has 0 aliphatic carbocycles. The number of hydrogen-bond acceptors (Lipinski definition) is 4. The van der Waals surface area contributed by atoms with E-state index in [9.17, 15) is 13.2 Å². The van der Waals surface area contributed by atoms with Crippen LogP contribution in [0.25, 0.3) is 6.08 Å². The van der Waals surface area contributed by atoms with Crippen molar-refractivity contribution in [3.8, 4) is 0 Å². The van der Waals surface area contributed by atoms with E-state index in [2.05, 4.69) is 29.2 Å². The summed E-state index contributed by atoms with van der Waals surface area (Å²) >= 11 is 0. The van der Waals surface area contributed by atoms with Crippen molar-refractivity contribution in [2.75, 3.05) is 52.6 Å². The molecular weight excluding hydrogens is 326 g/mol. The average molecular weight is 351 g/mol. The van der Waals surface area contributed by atoms with E-state index < -0.39 is 10.0 Å². The van der Waals surface area contributed by atoms with Crippen molar-refractivity contribution < 1.29 is 13.2 Å². The molecule has 6 nitrogen and oxygen atoms in total. The predicted molar refractivity (Wildman–Crippen MR) is 96.0 cm³/mol. The molecule has 0 radical (unpaired) electrons. The SMILES string of the molecule is CN(CC(=O)N1CCN(C/C=C/c2ccccc2)CC1)S(C)(=O)=O. The number of rotatable bonds is 6. The number of sulfonamides is 1. The van der Waals surface area contributed by atoms with E-state index in [0.717, 1.165) is 30.2 Å². The number of hydrogen-bond donors (Lipinski definition) is 0. The highest BCUT2D eigenvalue weighted by Crippen LogP contribution is 2.06. The molecule has 1 aliphatic rings. The molecule has 0 aromatic heterocycles. The summed E-state index contributed by atoms with van der Waals surface area (Å²) in [4.78, 5) is 16.2. The lowest BCUT2D eigenvalue weighted by atomic mass is 10.2. The van der Waals surface area contributed by atoms with Gasteiger partial charge in [-0.15, -0.1) is 0 Å². The van der Waals surface area contributed by atoms with Crippen LogP contribution in [0.1, 0.15) is 5.56 Å². The summed E-state index contributed by atoms with van der Waals surface area (Å²) in [6.45, 7) is 3.62. The van der Waals surface area contributed by atoms with Crippen LogP contribution in [0.2, 0.25) is 0 Å². The first-order valence-electron chi connectivity index (χ1n) is 7.99. The number of carbonyl (C=O) groups is 1. The molecule has 24 heavy (non-hydrogen) atoms. The molecule has 1 aromatic rings. The molecule has 1 saturated heterocycles. The fourth-order valence-electron chi connectivity index (χ4n) is 2.49. The number of amides is 1. The van der Waals surface area contributed by atoms with Crippen LogP contribution in [0.15, 0.2) is 36.4 Å². The van der Waals surface area contributed by atoms with Gasteiger partial charge in [0.25, 0.3) is 0 Å². The van der Waals surface area contributed by atoms with Crippen LogP contribution in [0, 0.1) is 0 Å². The average Bonchev–Trinajstić information content (AvgIpc) is 2.55. The van der Waals surface area contributed by atoms with Crippen molar-refractivity contribution in [3.63, 3.8) is 0 Å². The molecule has 7 heteroatoms. The molecule has 1 aromatic carbocycles. The Morgan fingerprint density at radius 3 is 2.38 bits per heavy atom. The van der Waals surface area contributed by atoms with Crippen LogP contribution < -0.4 is 0 Å². The first kappa shape index (κ1) is 18.6. The molecule has 1 fully saturated rings. The molecule has 0 spiro atoms. The number of piperazine rings is 1. The van der Waals surface area contributed by atoms with Gasteiger partial charge < -0.3 is 4.90 Å². The van der Waals surface area contributed by atoms with Crippen molar-refractivity contribution in [1.82, 2.24) is 14.1 Å². The van der Waals surface area contributed by atoms with E-state index in [4.69, 9.17) is 0 Å². The topological polar surface area (TPSA) is 60.9 Å². The minimum absolute atomic E-state index is 0.0905. The Kier molecular flexibility index (Phi) is 6.53. The highest BCUT2D eigenvalue weighted by atomic mass is 32.2. The maximum atomic E-state index is 12.1. The Morgan fingerprint density at radius 2 is 1.79 bits per heavy atom. The third-order valence-corrected chi connectivity index (χ3v) is 5.38. The first-order valence-corrected chi connectivity index (χ1v) is 9.84. The lowest BCUT2D eigenvalue weighted by molar-refractivity contribution is -0.132. The molecule has 0 N–H and O–H groups in total. The van der Waals surface area contributed by atoms with Gasteiger partial charge in [-0.05, 0) is 5.56 Å². The Bertz CT molecular complexity index is 666. The van der Waals surface area contributed by atoms with Gasteiger partial charge in [-0.1, -0.05) is 42.5 Å². The zero-order valence-corrected chi connectivity index (χ0v) is 15.1. The monoisotopic (exact) mass is 351 g/mol. The van der Waals surface area contributed by atoms with Crippen LogP contribution in [0.4, 0.5) is 0 Å². The van der Waals surface area contributed by atoms with E-state index in [1.807, 2.05) is 18.2 Å². The quantitative estimate of drug-likeness (QED) is 0.758. The van der Waals surface area contributed by atoms with Gasteiger partial charge >= 0.3 is 0 Å². The summed E-state index contributed by atoms with van der Waals surface area (Å²) < 4.78 is 23.8. The second-order valence-corrected chi connectivity index (χ2v) is 8.10. The van der Waals surface area contributed by atoms with Crippen molar-refractivity contribution in [2.45, 2.75) is 0 Å². The molecule has 1 heterocycles. The molecule has 132 valence electrons. The van der Waals surface area contributed by atoms with E-state index in [-0.39, 0.29) is 12.5 Å². The third kappa shape index (κ3) is 5.74. The lowest BCUT2D eigenvalue weighted by Gasteiger charge is -2.34. The van der Waals surface area contributed by atoms with Gasteiger partial charge in [0.05, 0.1) is 12.8 Å². The Morgan fingerprint density at radius 1 is 1.17 bits per heavy atom. The van der Waals surface area contributed by atoms with E-state index in [1.165, 1.54) is 12.6 Å². The second-order valence-electron chi connectivity index (χ2n) is 6.01. The highest BCUT2D eigenvalue weighted by Gasteiger charge is 2.23. The van der Waals surface area contributed by atoms with Crippen molar-refractivity contribution in [3.05, 3.63) is 42.0 Å². The van der Waals surface area contributed by atoms with Gasteiger partial charge in [-0.2, -0.15) is 4.31 Å². The molecule has 0 atom stereocenters. The maximum Gasteiger partial charge on any atom is 0.237 e. The summed E-state index contributed by atoms with van der Waals surface area (Å²) in [6.07, 6.45) is 5.33. The fraction of sp³-hybridized carbons (Fsp3) is 0.471. The third-order valence-electron chi connectivity index (χ3n) is 4.12. The van der Waals surface area contributed by atoms with Crippen LogP contribution >= 0.6 is 0 Å². The summed E-state index contributed by atoms with van der Waals surface area (Å²) in [5.41, 5.74) is 1.18. The molecule has 0 bridgehead atoms. The fourth-order valence-corrected chi connectivity index (χ4v) is 2.83. The minimum Gasteiger partial charge on any atom is -0.339 e. The van der Waals surface area contributed by atoms with Gasteiger partial charge in [0.15, 0.2) is 0 Å². The number of nitrogens with zero attached hydrogens (tertiary/aromatic N) is 3. The van der Waals surface area contributed by atoms with E-state index >= 15 is 0 Å². The highest BCUT2D eigenvalue weighted by molar-refractivity contribution is 7.88. The smallest absolute Gasteiger partial charge is 0.237 e. The van der Waals surface area contributed by atoms with Gasteiger partial charge in [0.2, 0.25) is 15.9 Å².